The molecule has 0 aromatic rings. The maximum Gasteiger partial charge on any atom is 0.190 e. The summed E-state index contributed by atoms with van der Waals surface area (Å²) in [7, 11) is 1.80. The minimum Gasteiger partial charge on any atom is -0.381 e. The van der Waals surface area contributed by atoms with Gasteiger partial charge in [0.2, 0.25) is 0 Å². The molecule has 0 aromatic heterocycles. The molecule has 5 heteroatoms. The Morgan fingerprint density at radius 1 is 1.42 bits per heavy atom. The van der Waals surface area contributed by atoms with Gasteiger partial charge in [0.25, 0.3) is 0 Å². The maximum absolute atomic E-state index is 5.65. The quantitative estimate of drug-likeness (QED) is 0.396. The third-order valence-corrected chi connectivity index (χ3v) is 3.04. The molecule has 0 aromatic carbocycles. The number of nitrogens with zero attached hydrogens (tertiary/aromatic N) is 1. The van der Waals surface area contributed by atoms with Crippen LogP contribution >= 0.6 is 0 Å². The molecular formula is C14H29N3O2. The van der Waals surface area contributed by atoms with E-state index in [1.165, 1.54) is 0 Å². The fourth-order valence-corrected chi connectivity index (χ4v) is 1.87. The van der Waals surface area contributed by atoms with Crippen molar-refractivity contribution in [1.29, 1.82) is 0 Å². The molecule has 1 rings (SSSR count). The Morgan fingerprint density at radius 2 is 2.26 bits per heavy atom. The Morgan fingerprint density at radius 3 is 2.89 bits per heavy atom. The third-order valence-electron chi connectivity index (χ3n) is 3.04. The zero-order valence-electron chi connectivity index (χ0n) is 12.6. The first-order chi connectivity index (χ1) is 9.22. The van der Waals surface area contributed by atoms with Crippen LogP contribution in [0.15, 0.2) is 4.99 Å². The van der Waals surface area contributed by atoms with Crippen molar-refractivity contribution in [1.82, 2.24) is 10.6 Å². The van der Waals surface area contributed by atoms with Crippen LogP contribution in [0, 0.1) is 11.8 Å². The topological polar surface area (TPSA) is 54.9 Å². The summed E-state index contributed by atoms with van der Waals surface area (Å²) >= 11 is 0. The molecule has 1 aliphatic heterocycles. The molecule has 0 bridgehead atoms. The van der Waals surface area contributed by atoms with Gasteiger partial charge in [-0.15, -0.1) is 0 Å². The van der Waals surface area contributed by atoms with Gasteiger partial charge in [0, 0.05) is 39.3 Å². The van der Waals surface area contributed by atoms with Crippen LogP contribution in [0.5, 0.6) is 0 Å². The van der Waals surface area contributed by atoms with Crippen LogP contribution in [-0.2, 0) is 9.47 Å². The first kappa shape index (κ1) is 16.2. The molecule has 2 N–H and O–H groups in total. The van der Waals surface area contributed by atoms with Crippen molar-refractivity contribution in [2.45, 2.75) is 26.7 Å². The predicted molar refractivity (Wildman–Crippen MR) is 78.6 cm³/mol. The van der Waals surface area contributed by atoms with E-state index in [0.717, 1.165) is 58.3 Å². The Hall–Kier alpha value is -0.810. The molecule has 5 nitrogen and oxygen atoms in total. The zero-order valence-corrected chi connectivity index (χ0v) is 12.6. The van der Waals surface area contributed by atoms with Crippen molar-refractivity contribution in [3.8, 4) is 0 Å². The van der Waals surface area contributed by atoms with E-state index in [1.54, 1.807) is 7.05 Å². The fourth-order valence-electron chi connectivity index (χ4n) is 1.87. The summed E-state index contributed by atoms with van der Waals surface area (Å²) in [4.78, 5) is 4.18. The number of nitrogens with one attached hydrogen (secondary N) is 2. The van der Waals surface area contributed by atoms with E-state index >= 15 is 0 Å². The van der Waals surface area contributed by atoms with Crippen LogP contribution in [-0.4, -0.2) is 52.5 Å². The Kier molecular flexibility index (Phi) is 8.58. The van der Waals surface area contributed by atoms with Crippen LogP contribution in [0.1, 0.15) is 26.7 Å². The molecule has 0 radical (unpaired) electrons. The molecule has 1 atom stereocenters. The smallest absolute Gasteiger partial charge is 0.190 e. The van der Waals surface area contributed by atoms with Crippen LogP contribution in [0.25, 0.3) is 0 Å². The number of guanidine groups is 1. The second-order valence-corrected chi connectivity index (χ2v) is 5.43. The van der Waals surface area contributed by atoms with Gasteiger partial charge in [0.1, 0.15) is 0 Å². The molecule has 0 amide bonds. The molecule has 1 aliphatic rings. The van der Waals surface area contributed by atoms with Gasteiger partial charge in [-0.05, 0) is 18.8 Å². The Bertz CT molecular complexity index is 251. The van der Waals surface area contributed by atoms with Gasteiger partial charge in [-0.25, -0.2) is 0 Å². The summed E-state index contributed by atoms with van der Waals surface area (Å²) in [6.07, 6.45) is 2.14. The molecule has 112 valence electrons. The van der Waals surface area contributed by atoms with Crippen molar-refractivity contribution in [3.63, 3.8) is 0 Å². The lowest BCUT2D eigenvalue weighted by Crippen LogP contribution is -2.39. The highest BCUT2D eigenvalue weighted by molar-refractivity contribution is 5.79. The number of hydrogen-bond donors (Lipinski definition) is 2. The summed E-state index contributed by atoms with van der Waals surface area (Å²) in [5.74, 6) is 2.10. The van der Waals surface area contributed by atoms with E-state index in [4.69, 9.17) is 9.47 Å². The van der Waals surface area contributed by atoms with Gasteiger partial charge >= 0.3 is 0 Å². The average Bonchev–Trinajstić information content (AvgIpc) is 2.90. The lowest BCUT2D eigenvalue weighted by Gasteiger charge is -2.13. The van der Waals surface area contributed by atoms with Gasteiger partial charge in [-0.2, -0.15) is 0 Å². The van der Waals surface area contributed by atoms with Crippen molar-refractivity contribution in [2.24, 2.45) is 16.8 Å². The third kappa shape index (κ3) is 8.06. The second-order valence-electron chi connectivity index (χ2n) is 5.43. The normalized spacial score (nSPS) is 20.0. The van der Waals surface area contributed by atoms with E-state index in [-0.39, 0.29) is 0 Å². The molecule has 0 saturated carbocycles. The minimum absolute atomic E-state index is 0.605. The first-order valence-corrected chi connectivity index (χ1v) is 7.32. The number of ether oxygens (including phenoxy) is 2. The van der Waals surface area contributed by atoms with Crippen LogP contribution in [0.4, 0.5) is 0 Å². The highest BCUT2D eigenvalue weighted by Crippen LogP contribution is 2.12. The van der Waals surface area contributed by atoms with Gasteiger partial charge in [-0.1, -0.05) is 13.8 Å². The summed E-state index contributed by atoms with van der Waals surface area (Å²) in [5.41, 5.74) is 0. The molecule has 1 unspecified atom stereocenters. The summed E-state index contributed by atoms with van der Waals surface area (Å²) < 4.78 is 11.0. The van der Waals surface area contributed by atoms with E-state index in [2.05, 4.69) is 29.5 Å². The van der Waals surface area contributed by atoms with E-state index in [9.17, 15) is 0 Å². The van der Waals surface area contributed by atoms with Crippen molar-refractivity contribution in [3.05, 3.63) is 0 Å². The number of rotatable bonds is 8. The highest BCUT2D eigenvalue weighted by atomic mass is 16.5. The summed E-state index contributed by atoms with van der Waals surface area (Å²) in [6.45, 7) is 9.58. The fraction of sp³-hybridized carbons (Fsp3) is 0.929. The van der Waals surface area contributed by atoms with Crippen LogP contribution < -0.4 is 10.6 Å². The zero-order chi connectivity index (χ0) is 13.9. The molecule has 1 fully saturated rings. The van der Waals surface area contributed by atoms with Crippen molar-refractivity contribution in [2.75, 3.05) is 46.6 Å². The number of aliphatic imine (C=N–C) groups is 1. The molecule has 0 spiro atoms. The molecule has 19 heavy (non-hydrogen) atoms. The lowest BCUT2D eigenvalue weighted by atomic mass is 10.1. The van der Waals surface area contributed by atoms with E-state index in [0.29, 0.717) is 11.8 Å². The molecule has 0 aliphatic carbocycles. The van der Waals surface area contributed by atoms with Crippen LogP contribution in [0.3, 0.4) is 0 Å². The van der Waals surface area contributed by atoms with E-state index in [1.807, 2.05) is 0 Å². The van der Waals surface area contributed by atoms with Gasteiger partial charge in [0.05, 0.1) is 13.2 Å². The van der Waals surface area contributed by atoms with Gasteiger partial charge < -0.3 is 20.1 Å². The maximum atomic E-state index is 5.65. The molecule has 1 heterocycles. The average molecular weight is 271 g/mol. The SMILES string of the molecule is CN=C(NCCCOCC1CCOC1)NCC(C)C. The van der Waals surface area contributed by atoms with Gasteiger partial charge in [0.15, 0.2) is 5.96 Å². The lowest BCUT2D eigenvalue weighted by molar-refractivity contribution is 0.0888. The second kappa shape index (κ2) is 10.0. The minimum atomic E-state index is 0.605. The first-order valence-electron chi connectivity index (χ1n) is 7.32. The standard InChI is InChI=1S/C14H29N3O2/c1-12(2)9-17-14(15-3)16-6-4-7-18-10-13-5-8-19-11-13/h12-13H,4-11H2,1-3H3,(H2,15,16,17). The Labute approximate surface area is 117 Å². The van der Waals surface area contributed by atoms with Crippen LogP contribution in [0.2, 0.25) is 0 Å². The summed E-state index contributed by atoms with van der Waals surface area (Å²) in [5, 5.41) is 6.57. The van der Waals surface area contributed by atoms with Gasteiger partial charge in [-0.3, -0.25) is 4.99 Å². The largest absolute Gasteiger partial charge is 0.381 e. The molecule has 1 saturated heterocycles. The predicted octanol–water partition coefficient (Wildman–Crippen LogP) is 1.25. The Balaban J connectivity index is 1.93. The monoisotopic (exact) mass is 271 g/mol. The van der Waals surface area contributed by atoms with Crippen molar-refractivity contribution < 1.29 is 9.47 Å². The summed E-state index contributed by atoms with van der Waals surface area (Å²) in [6, 6.07) is 0. The number of hydrogen-bond acceptors (Lipinski definition) is 3. The highest BCUT2D eigenvalue weighted by Gasteiger charge is 2.15. The molecular weight excluding hydrogens is 242 g/mol. The van der Waals surface area contributed by atoms with E-state index < -0.39 is 0 Å². The van der Waals surface area contributed by atoms with Crippen molar-refractivity contribution >= 4 is 5.96 Å².